The third-order valence-electron chi connectivity index (χ3n) is 4.29. The summed E-state index contributed by atoms with van der Waals surface area (Å²) in [6, 6.07) is 9.28. The standard InChI is InChI=1S/C17H19NO4S/c1-11-16(23(20,21)22)15-13(9-17(2,3)10-14(15)19)18(11)12-7-5-4-6-8-12/h4-8H,9-10H2,1-3H3,(H,20,21,22). The molecular formula is C17H19NO4S. The van der Waals surface area contributed by atoms with Crippen LogP contribution in [0.4, 0.5) is 0 Å². The molecule has 5 nitrogen and oxygen atoms in total. The van der Waals surface area contributed by atoms with Crippen LogP contribution < -0.4 is 0 Å². The summed E-state index contributed by atoms with van der Waals surface area (Å²) in [7, 11) is -4.47. The zero-order valence-electron chi connectivity index (χ0n) is 13.3. The van der Waals surface area contributed by atoms with E-state index in [0.717, 1.165) is 5.69 Å². The van der Waals surface area contributed by atoms with E-state index in [1.807, 2.05) is 44.2 Å². The summed E-state index contributed by atoms with van der Waals surface area (Å²) in [5, 5.41) is 0. The number of para-hydroxylation sites is 1. The van der Waals surface area contributed by atoms with Crippen LogP contribution in [0.15, 0.2) is 35.2 Å². The van der Waals surface area contributed by atoms with E-state index in [-0.39, 0.29) is 28.1 Å². The molecule has 3 rings (SSSR count). The van der Waals surface area contributed by atoms with Gasteiger partial charge in [0, 0.05) is 23.5 Å². The fourth-order valence-electron chi connectivity index (χ4n) is 3.46. The van der Waals surface area contributed by atoms with Crippen molar-refractivity contribution in [2.45, 2.75) is 38.5 Å². The van der Waals surface area contributed by atoms with Crippen molar-refractivity contribution in [2.75, 3.05) is 0 Å². The number of carbonyl (C=O) groups excluding carboxylic acids is 1. The molecule has 0 fully saturated rings. The van der Waals surface area contributed by atoms with Crippen molar-refractivity contribution in [1.29, 1.82) is 0 Å². The summed E-state index contributed by atoms with van der Waals surface area (Å²) in [6.07, 6.45) is 0.833. The van der Waals surface area contributed by atoms with E-state index < -0.39 is 10.1 Å². The topological polar surface area (TPSA) is 76.4 Å². The number of carbonyl (C=O) groups is 1. The van der Waals surface area contributed by atoms with Crippen molar-refractivity contribution < 1.29 is 17.8 Å². The van der Waals surface area contributed by atoms with Gasteiger partial charge in [0.25, 0.3) is 10.1 Å². The predicted octanol–water partition coefficient (Wildman–Crippen LogP) is 3.19. The van der Waals surface area contributed by atoms with Crippen LogP contribution in [-0.4, -0.2) is 23.3 Å². The van der Waals surface area contributed by atoms with Crippen molar-refractivity contribution >= 4 is 15.9 Å². The summed E-state index contributed by atoms with van der Waals surface area (Å²) in [5.41, 5.74) is 1.70. The first kappa shape index (κ1) is 16.0. The van der Waals surface area contributed by atoms with E-state index in [1.54, 1.807) is 11.5 Å². The summed E-state index contributed by atoms with van der Waals surface area (Å²) < 4.78 is 35.2. The van der Waals surface area contributed by atoms with Crippen LogP contribution in [0.2, 0.25) is 0 Å². The fourth-order valence-corrected chi connectivity index (χ4v) is 4.42. The Morgan fingerprint density at radius 1 is 1.13 bits per heavy atom. The molecule has 2 aromatic rings. The van der Waals surface area contributed by atoms with Crippen LogP contribution in [0.25, 0.3) is 5.69 Å². The number of ketones is 1. The molecular weight excluding hydrogens is 314 g/mol. The molecule has 0 radical (unpaired) electrons. The smallest absolute Gasteiger partial charge is 0.297 e. The maximum absolute atomic E-state index is 12.6. The average Bonchev–Trinajstić information content (AvgIpc) is 2.70. The maximum Gasteiger partial charge on any atom is 0.297 e. The van der Waals surface area contributed by atoms with E-state index in [2.05, 4.69) is 0 Å². The molecule has 1 N–H and O–H groups in total. The largest absolute Gasteiger partial charge is 0.316 e. The van der Waals surface area contributed by atoms with E-state index >= 15 is 0 Å². The van der Waals surface area contributed by atoms with Gasteiger partial charge >= 0.3 is 0 Å². The quantitative estimate of drug-likeness (QED) is 0.856. The number of benzene rings is 1. The second-order valence-corrected chi connectivity index (χ2v) is 8.18. The van der Waals surface area contributed by atoms with Gasteiger partial charge in [-0.1, -0.05) is 32.0 Å². The van der Waals surface area contributed by atoms with Gasteiger partial charge in [0.2, 0.25) is 0 Å². The van der Waals surface area contributed by atoms with Crippen LogP contribution >= 0.6 is 0 Å². The minimum absolute atomic E-state index is 0.146. The molecule has 1 aromatic heterocycles. The van der Waals surface area contributed by atoms with Gasteiger partial charge in [-0.05, 0) is 30.9 Å². The second-order valence-electron chi connectivity index (χ2n) is 6.82. The van der Waals surface area contributed by atoms with Gasteiger partial charge in [-0.15, -0.1) is 0 Å². The Labute approximate surface area is 135 Å². The molecule has 1 aliphatic rings. The van der Waals surface area contributed by atoms with Crippen molar-refractivity contribution in [2.24, 2.45) is 5.41 Å². The highest BCUT2D eigenvalue weighted by molar-refractivity contribution is 7.86. The monoisotopic (exact) mass is 333 g/mol. The molecule has 6 heteroatoms. The van der Waals surface area contributed by atoms with Gasteiger partial charge in [0.05, 0.1) is 5.56 Å². The number of hydrogen-bond donors (Lipinski definition) is 1. The van der Waals surface area contributed by atoms with Crippen LogP contribution in [0.5, 0.6) is 0 Å². The normalized spacial score (nSPS) is 17.1. The first-order chi connectivity index (χ1) is 10.6. The molecule has 0 saturated heterocycles. The third kappa shape index (κ3) is 2.62. The Bertz CT molecular complexity index is 892. The Kier molecular flexibility index (Phi) is 3.50. The van der Waals surface area contributed by atoms with E-state index in [1.165, 1.54) is 0 Å². The highest BCUT2D eigenvalue weighted by atomic mass is 32.2. The summed E-state index contributed by atoms with van der Waals surface area (Å²) in [4.78, 5) is 12.3. The van der Waals surface area contributed by atoms with Gasteiger partial charge in [0.15, 0.2) is 5.78 Å². The van der Waals surface area contributed by atoms with Crippen molar-refractivity contribution in [1.82, 2.24) is 4.57 Å². The summed E-state index contributed by atoms with van der Waals surface area (Å²) >= 11 is 0. The molecule has 0 unspecified atom stereocenters. The molecule has 122 valence electrons. The van der Waals surface area contributed by atoms with Gasteiger partial charge in [-0.3, -0.25) is 9.35 Å². The first-order valence-corrected chi connectivity index (χ1v) is 8.86. The molecule has 1 aliphatic carbocycles. The Balaban J connectivity index is 2.41. The number of hydrogen-bond acceptors (Lipinski definition) is 3. The Hall–Kier alpha value is -1.92. The molecule has 0 spiro atoms. The molecule has 0 saturated carbocycles. The lowest BCUT2D eigenvalue weighted by atomic mass is 9.76. The van der Waals surface area contributed by atoms with Gasteiger partial charge in [0.1, 0.15) is 4.90 Å². The lowest BCUT2D eigenvalue weighted by Gasteiger charge is -2.30. The lowest BCUT2D eigenvalue weighted by molar-refractivity contribution is 0.0907. The Morgan fingerprint density at radius 3 is 2.30 bits per heavy atom. The van der Waals surface area contributed by atoms with E-state index in [4.69, 9.17) is 0 Å². The summed E-state index contributed by atoms with van der Waals surface area (Å²) in [5.74, 6) is -0.235. The highest BCUT2D eigenvalue weighted by Gasteiger charge is 2.40. The number of nitrogens with zero attached hydrogens (tertiary/aromatic N) is 1. The van der Waals surface area contributed by atoms with Crippen LogP contribution in [-0.2, 0) is 16.5 Å². The minimum atomic E-state index is -4.47. The molecule has 0 atom stereocenters. The lowest BCUT2D eigenvalue weighted by Crippen LogP contribution is -2.28. The zero-order valence-corrected chi connectivity index (χ0v) is 14.1. The molecule has 0 bridgehead atoms. The van der Waals surface area contributed by atoms with Gasteiger partial charge < -0.3 is 4.57 Å². The van der Waals surface area contributed by atoms with Gasteiger partial charge in [-0.2, -0.15) is 8.42 Å². The SMILES string of the molecule is Cc1c(S(=O)(=O)O)c2c(n1-c1ccccc1)CC(C)(C)CC2=O. The summed E-state index contributed by atoms with van der Waals surface area (Å²) in [6.45, 7) is 5.59. The highest BCUT2D eigenvalue weighted by Crippen LogP contribution is 2.41. The van der Waals surface area contributed by atoms with Crippen LogP contribution in [0.1, 0.15) is 42.0 Å². The van der Waals surface area contributed by atoms with Crippen molar-refractivity contribution in [3.63, 3.8) is 0 Å². The van der Waals surface area contributed by atoms with Crippen molar-refractivity contribution in [3.05, 3.63) is 47.3 Å². The average molecular weight is 333 g/mol. The second kappa shape index (κ2) is 5.04. The molecule has 0 aliphatic heterocycles. The zero-order chi connectivity index (χ0) is 17.0. The van der Waals surface area contributed by atoms with E-state index in [0.29, 0.717) is 17.8 Å². The number of aromatic nitrogens is 1. The fraction of sp³-hybridized carbons (Fsp3) is 0.353. The van der Waals surface area contributed by atoms with Crippen molar-refractivity contribution in [3.8, 4) is 5.69 Å². The van der Waals surface area contributed by atoms with Crippen LogP contribution in [0.3, 0.4) is 0 Å². The molecule has 0 amide bonds. The Morgan fingerprint density at radius 2 is 1.74 bits per heavy atom. The third-order valence-corrected chi connectivity index (χ3v) is 5.30. The number of Topliss-reactive ketones (excluding diaryl/α,β-unsaturated/α-hetero) is 1. The molecule has 1 aromatic carbocycles. The maximum atomic E-state index is 12.6. The molecule has 1 heterocycles. The van der Waals surface area contributed by atoms with Gasteiger partial charge in [-0.25, -0.2) is 0 Å². The minimum Gasteiger partial charge on any atom is -0.316 e. The van der Waals surface area contributed by atoms with E-state index in [9.17, 15) is 17.8 Å². The first-order valence-electron chi connectivity index (χ1n) is 7.42. The predicted molar refractivity (Wildman–Crippen MR) is 86.8 cm³/mol. The van der Waals surface area contributed by atoms with Crippen LogP contribution in [0, 0.1) is 12.3 Å². The number of rotatable bonds is 2. The number of fused-ring (bicyclic) bond motifs is 1. The molecule has 23 heavy (non-hydrogen) atoms.